The quantitative estimate of drug-likeness (QED) is 0.839. The van der Waals surface area contributed by atoms with Crippen LogP contribution in [-0.4, -0.2) is 36.9 Å². The van der Waals surface area contributed by atoms with E-state index in [1.165, 1.54) is 16.4 Å². The van der Waals surface area contributed by atoms with Crippen LogP contribution in [0.5, 0.6) is 0 Å². The molecule has 0 aromatic heterocycles. The lowest BCUT2D eigenvalue weighted by molar-refractivity contribution is 0.0696. The first-order valence-corrected chi connectivity index (χ1v) is 8.52. The van der Waals surface area contributed by atoms with Crippen LogP contribution in [0.25, 0.3) is 0 Å². The predicted molar refractivity (Wildman–Crippen MR) is 82.7 cm³/mol. The minimum atomic E-state index is -3.46. The molecule has 21 heavy (non-hydrogen) atoms. The fourth-order valence-electron chi connectivity index (χ4n) is 2.21. The van der Waals surface area contributed by atoms with E-state index in [1.807, 2.05) is 20.8 Å². The zero-order valence-corrected chi connectivity index (χ0v) is 13.7. The Bertz CT molecular complexity index is 595. The topological polar surface area (TPSA) is 74.7 Å². The summed E-state index contributed by atoms with van der Waals surface area (Å²) in [6.07, 6.45) is 0.783. The van der Waals surface area contributed by atoms with Gasteiger partial charge < -0.3 is 5.11 Å². The Labute approximate surface area is 126 Å². The van der Waals surface area contributed by atoms with Crippen LogP contribution < -0.4 is 0 Å². The van der Waals surface area contributed by atoms with Gasteiger partial charge in [-0.15, -0.1) is 0 Å². The summed E-state index contributed by atoms with van der Waals surface area (Å²) in [5.74, 6) is -0.837. The minimum absolute atomic E-state index is 0.0855. The summed E-state index contributed by atoms with van der Waals surface area (Å²) in [6, 6.07) is 5.96. The molecule has 6 heteroatoms. The van der Waals surface area contributed by atoms with Gasteiger partial charge in [0.15, 0.2) is 0 Å². The Morgan fingerprint density at radius 1 is 1.29 bits per heavy atom. The average Bonchev–Trinajstić information content (AvgIpc) is 2.36. The molecule has 1 aromatic carbocycles. The summed E-state index contributed by atoms with van der Waals surface area (Å²) >= 11 is 0. The number of hydrogen-bond donors (Lipinski definition) is 1. The van der Waals surface area contributed by atoms with E-state index in [-0.39, 0.29) is 17.4 Å². The van der Waals surface area contributed by atoms with Gasteiger partial charge in [-0.1, -0.05) is 26.0 Å². The van der Waals surface area contributed by atoms with E-state index < -0.39 is 16.0 Å². The molecule has 1 N–H and O–H groups in total. The molecular formula is C15H23NO4S. The Balaban J connectivity index is 2.89. The van der Waals surface area contributed by atoms with E-state index >= 15 is 0 Å². The molecule has 0 saturated carbocycles. The van der Waals surface area contributed by atoms with Crippen molar-refractivity contribution in [1.29, 1.82) is 0 Å². The van der Waals surface area contributed by atoms with Crippen molar-refractivity contribution in [2.75, 3.05) is 7.05 Å². The second-order valence-corrected chi connectivity index (χ2v) is 7.79. The van der Waals surface area contributed by atoms with Crippen molar-refractivity contribution in [2.24, 2.45) is 5.92 Å². The standard InChI is InChI=1S/C15H23NO4S/c1-11(2)8-12(3)16(4)21(19,20)10-13-6-5-7-14(9-13)15(17)18/h5-7,9,11-12H,8,10H2,1-4H3,(H,17,18). The van der Waals surface area contributed by atoms with E-state index in [1.54, 1.807) is 19.2 Å². The first-order chi connectivity index (χ1) is 9.63. The summed E-state index contributed by atoms with van der Waals surface area (Å²) in [7, 11) is -1.89. The van der Waals surface area contributed by atoms with Crippen molar-refractivity contribution < 1.29 is 18.3 Å². The van der Waals surface area contributed by atoms with Crippen LogP contribution in [0.1, 0.15) is 43.1 Å². The fraction of sp³-hybridized carbons (Fsp3) is 0.533. The molecule has 0 bridgehead atoms. The van der Waals surface area contributed by atoms with Gasteiger partial charge in [-0.05, 0) is 37.0 Å². The summed E-state index contributed by atoms with van der Waals surface area (Å²) < 4.78 is 26.1. The van der Waals surface area contributed by atoms with Crippen LogP contribution in [0, 0.1) is 5.92 Å². The number of rotatable bonds is 7. The number of carbonyl (C=O) groups is 1. The SMILES string of the molecule is CC(C)CC(C)N(C)S(=O)(=O)Cc1cccc(C(=O)O)c1. The molecule has 5 nitrogen and oxygen atoms in total. The number of aromatic carboxylic acids is 1. The Morgan fingerprint density at radius 3 is 2.43 bits per heavy atom. The molecule has 0 spiro atoms. The number of benzene rings is 1. The van der Waals surface area contributed by atoms with Gasteiger partial charge in [0.1, 0.15) is 0 Å². The normalized spacial score (nSPS) is 13.6. The number of carboxylic acids is 1. The molecule has 0 aliphatic carbocycles. The Morgan fingerprint density at radius 2 is 1.90 bits per heavy atom. The van der Waals surface area contributed by atoms with E-state index in [0.717, 1.165) is 6.42 Å². The third kappa shape index (κ3) is 5.13. The molecule has 0 fully saturated rings. The number of hydrogen-bond acceptors (Lipinski definition) is 3. The monoisotopic (exact) mass is 313 g/mol. The van der Waals surface area contributed by atoms with Crippen molar-refractivity contribution in [3.63, 3.8) is 0 Å². The van der Waals surface area contributed by atoms with Crippen LogP contribution in [0.3, 0.4) is 0 Å². The third-order valence-electron chi connectivity index (χ3n) is 3.40. The van der Waals surface area contributed by atoms with Crippen molar-refractivity contribution in [1.82, 2.24) is 4.31 Å². The smallest absolute Gasteiger partial charge is 0.335 e. The van der Waals surface area contributed by atoms with Crippen molar-refractivity contribution in [2.45, 2.75) is 39.0 Å². The summed E-state index contributed by atoms with van der Waals surface area (Å²) in [5, 5.41) is 8.94. The van der Waals surface area contributed by atoms with E-state index in [4.69, 9.17) is 5.11 Å². The van der Waals surface area contributed by atoms with Gasteiger partial charge in [0.25, 0.3) is 0 Å². The lowest BCUT2D eigenvalue weighted by Gasteiger charge is -2.25. The third-order valence-corrected chi connectivity index (χ3v) is 5.33. The van der Waals surface area contributed by atoms with Crippen LogP contribution in [-0.2, 0) is 15.8 Å². The van der Waals surface area contributed by atoms with E-state index in [9.17, 15) is 13.2 Å². The second-order valence-electron chi connectivity index (χ2n) is 5.76. The second kappa shape index (κ2) is 7.04. The zero-order valence-electron chi connectivity index (χ0n) is 12.9. The largest absolute Gasteiger partial charge is 0.478 e. The highest BCUT2D eigenvalue weighted by atomic mass is 32.2. The first-order valence-electron chi connectivity index (χ1n) is 6.91. The molecule has 0 heterocycles. The maximum atomic E-state index is 12.4. The Hall–Kier alpha value is -1.40. The number of sulfonamides is 1. The summed E-state index contributed by atoms with van der Waals surface area (Å²) in [6.45, 7) is 5.98. The highest BCUT2D eigenvalue weighted by Crippen LogP contribution is 2.17. The molecule has 118 valence electrons. The van der Waals surface area contributed by atoms with Crippen molar-refractivity contribution >= 4 is 16.0 Å². The molecule has 1 aromatic rings. The maximum absolute atomic E-state index is 12.4. The highest BCUT2D eigenvalue weighted by molar-refractivity contribution is 7.88. The lowest BCUT2D eigenvalue weighted by Crippen LogP contribution is -2.36. The molecular weight excluding hydrogens is 290 g/mol. The molecule has 0 aliphatic rings. The predicted octanol–water partition coefficient (Wildman–Crippen LogP) is 2.58. The number of nitrogens with zero attached hydrogens (tertiary/aromatic N) is 1. The maximum Gasteiger partial charge on any atom is 0.335 e. The van der Waals surface area contributed by atoms with Gasteiger partial charge in [-0.2, -0.15) is 0 Å². The molecule has 1 rings (SSSR count). The van der Waals surface area contributed by atoms with Gasteiger partial charge in [-0.3, -0.25) is 0 Å². The molecule has 0 amide bonds. The number of carboxylic acid groups (broad SMARTS) is 1. The molecule has 0 saturated heterocycles. The highest BCUT2D eigenvalue weighted by Gasteiger charge is 2.24. The molecule has 0 radical (unpaired) electrons. The van der Waals surface area contributed by atoms with E-state index in [0.29, 0.717) is 11.5 Å². The van der Waals surface area contributed by atoms with E-state index in [2.05, 4.69) is 0 Å². The van der Waals surface area contributed by atoms with Gasteiger partial charge in [0.05, 0.1) is 11.3 Å². The molecule has 1 unspecified atom stereocenters. The average molecular weight is 313 g/mol. The van der Waals surface area contributed by atoms with Crippen molar-refractivity contribution in [3.05, 3.63) is 35.4 Å². The fourth-order valence-corrected chi connectivity index (χ4v) is 3.65. The van der Waals surface area contributed by atoms with Gasteiger partial charge >= 0.3 is 5.97 Å². The lowest BCUT2D eigenvalue weighted by atomic mass is 10.1. The molecule has 0 aliphatic heterocycles. The van der Waals surface area contributed by atoms with Gasteiger partial charge in [-0.25, -0.2) is 17.5 Å². The van der Waals surface area contributed by atoms with Crippen LogP contribution in [0.2, 0.25) is 0 Å². The van der Waals surface area contributed by atoms with Crippen LogP contribution in [0.4, 0.5) is 0 Å². The van der Waals surface area contributed by atoms with Crippen molar-refractivity contribution in [3.8, 4) is 0 Å². The first kappa shape index (κ1) is 17.7. The Kier molecular flexibility index (Phi) is 5.92. The van der Waals surface area contributed by atoms with Gasteiger partial charge in [0, 0.05) is 13.1 Å². The van der Waals surface area contributed by atoms with Gasteiger partial charge in [0.2, 0.25) is 10.0 Å². The summed E-state index contributed by atoms with van der Waals surface area (Å²) in [5.41, 5.74) is 0.582. The van der Waals surface area contributed by atoms with Crippen LogP contribution >= 0.6 is 0 Å². The molecule has 1 atom stereocenters. The summed E-state index contributed by atoms with van der Waals surface area (Å²) in [4.78, 5) is 10.9. The van der Waals surface area contributed by atoms with Crippen LogP contribution in [0.15, 0.2) is 24.3 Å². The minimum Gasteiger partial charge on any atom is -0.478 e. The zero-order chi connectivity index (χ0) is 16.2.